The summed E-state index contributed by atoms with van der Waals surface area (Å²) >= 11 is -2.76. The summed E-state index contributed by atoms with van der Waals surface area (Å²) in [6, 6.07) is 32.1. The van der Waals surface area contributed by atoms with Crippen LogP contribution >= 0.6 is 0 Å². The second-order valence-corrected chi connectivity index (χ2v) is 14.6. The lowest BCUT2D eigenvalue weighted by Gasteiger charge is -2.17. The molecule has 0 N–H and O–H groups in total. The van der Waals surface area contributed by atoms with Gasteiger partial charge in [-0.3, -0.25) is 0 Å². The van der Waals surface area contributed by atoms with Gasteiger partial charge in [-0.2, -0.15) is 8.42 Å². The molecule has 37 heavy (non-hydrogen) atoms. The summed E-state index contributed by atoms with van der Waals surface area (Å²) in [4.78, 5) is 0.0906. The molecular weight excluding hydrogens is 599 g/mol. The first-order valence-corrected chi connectivity index (χ1v) is 16.5. The molecule has 1 radical (unpaired) electrons. The lowest BCUT2D eigenvalue weighted by molar-refractivity contribution is -1.03. The van der Waals surface area contributed by atoms with E-state index in [-0.39, 0.29) is 4.90 Å². The molecule has 0 amide bonds. The number of benzene rings is 5. The molecule has 0 heterocycles. The van der Waals surface area contributed by atoms with Crippen LogP contribution in [0.5, 0.6) is 11.5 Å². The van der Waals surface area contributed by atoms with E-state index in [4.69, 9.17) is 12.0 Å². The highest BCUT2D eigenvalue weighted by Gasteiger charge is 2.37. The maximum Gasteiger partial charge on any atom is 0.336 e. The molecule has 5 rings (SSSR count). The number of rotatable bonds is 9. The van der Waals surface area contributed by atoms with Crippen molar-refractivity contribution in [3.8, 4) is 11.5 Å². The Kier molecular flexibility index (Phi) is 7.64. The normalized spacial score (nSPS) is 11.8. The molecule has 0 saturated carbocycles. The molecule has 0 aromatic heterocycles. The van der Waals surface area contributed by atoms with Crippen molar-refractivity contribution in [2.75, 3.05) is 13.2 Å². The van der Waals surface area contributed by atoms with Gasteiger partial charge in [-0.1, -0.05) is 60.7 Å². The van der Waals surface area contributed by atoms with Gasteiger partial charge in [0, 0.05) is 21.5 Å². The SMILES string of the molecule is CCOc1c2ccccc2c(OCC)c2cc(S(=O)(=O)O[I+](c3ccccc3)c3ccccc3)ccc12. The van der Waals surface area contributed by atoms with E-state index >= 15 is 0 Å². The van der Waals surface area contributed by atoms with Crippen LogP contribution in [0.15, 0.2) is 108 Å². The van der Waals surface area contributed by atoms with Crippen LogP contribution in [0.4, 0.5) is 0 Å². The van der Waals surface area contributed by atoms with Crippen molar-refractivity contribution < 1.29 is 40.6 Å². The van der Waals surface area contributed by atoms with Crippen molar-refractivity contribution >= 4 is 31.7 Å². The zero-order valence-corrected chi connectivity index (χ0v) is 23.5. The Morgan fingerprint density at radius 2 is 1.05 bits per heavy atom. The van der Waals surface area contributed by atoms with Crippen LogP contribution in [0.1, 0.15) is 13.8 Å². The third kappa shape index (κ3) is 5.16. The molecule has 0 unspecified atom stereocenters. The molecule has 7 heteroatoms. The molecule has 5 aromatic carbocycles. The molecular formula is C30H27IO5S+. The van der Waals surface area contributed by atoms with E-state index in [0.717, 1.165) is 23.3 Å². The summed E-state index contributed by atoms with van der Waals surface area (Å²) in [5.74, 6) is 1.35. The van der Waals surface area contributed by atoms with Gasteiger partial charge in [-0.15, -0.1) is 0 Å². The Balaban J connectivity index is 1.66. The average molecular weight is 627 g/mol. The number of ether oxygens (including phenoxy) is 2. The van der Waals surface area contributed by atoms with Crippen LogP contribution in [0.25, 0.3) is 21.5 Å². The number of hydrogen-bond donors (Lipinski definition) is 0. The van der Waals surface area contributed by atoms with Crippen molar-refractivity contribution in [2.24, 2.45) is 0 Å². The van der Waals surface area contributed by atoms with Gasteiger partial charge in [-0.25, -0.2) is 0 Å². The van der Waals surface area contributed by atoms with Crippen molar-refractivity contribution in [3.63, 3.8) is 0 Å². The largest absolute Gasteiger partial charge is 0.493 e. The Labute approximate surface area is 225 Å². The van der Waals surface area contributed by atoms with E-state index in [9.17, 15) is 8.42 Å². The monoisotopic (exact) mass is 626 g/mol. The molecule has 0 aliphatic heterocycles. The Bertz CT molecular complexity index is 1600. The molecule has 189 valence electrons. The first-order valence-electron chi connectivity index (χ1n) is 12.0. The summed E-state index contributed by atoms with van der Waals surface area (Å²) < 4.78 is 47.4. The highest BCUT2D eigenvalue weighted by atomic mass is 127. The predicted octanol–water partition coefficient (Wildman–Crippen LogP) is 3.78. The minimum atomic E-state index is -4.08. The summed E-state index contributed by atoms with van der Waals surface area (Å²) in [6.07, 6.45) is 0. The van der Waals surface area contributed by atoms with Gasteiger partial charge in [0.2, 0.25) is 0 Å². The Hall–Kier alpha value is -3.14. The fourth-order valence-electron chi connectivity index (χ4n) is 4.21. The van der Waals surface area contributed by atoms with Gasteiger partial charge in [0.25, 0.3) is 0 Å². The molecule has 5 nitrogen and oxygen atoms in total. The first-order chi connectivity index (χ1) is 18.0. The zero-order chi connectivity index (χ0) is 25.8. The van der Waals surface area contributed by atoms with E-state index < -0.39 is 30.4 Å². The molecule has 0 aliphatic rings. The predicted molar refractivity (Wildman–Crippen MR) is 142 cm³/mol. The third-order valence-electron chi connectivity index (χ3n) is 5.77. The topological polar surface area (TPSA) is 61.8 Å². The molecule has 0 saturated heterocycles. The fraction of sp³-hybridized carbons (Fsp3) is 0.133. The van der Waals surface area contributed by atoms with Gasteiger partial charge in [0.1, 0.15) is 11.5 Å². The van der Waals surface area contributed by atoms with Gasteiger partial charge in [0.05, 0.1) is 18.1 Å². The van der Waals surface area contributed by atoms with Crippen LogP contribution < -0.4 is 29.7 Å². The molecule has 0 spiro atoms. The van der Waals surface area contributed by atoms with Crippen LogP contribution in [0.3, 0.4) is 0 Å². The first kappa shape index (κ1) is 25.5. The number of hydrogen-bond acceptors (Lipinski definition) is 5. The van der Waals surface area contributed by atoms with Crippen LogP contribution in [-0.4, -0.2) is 21.6 Å². The van der Waals surface area contributed by atoms with E-state index in [2.05, 4.69) is 0 Å². The molecule has 0 aliphatic carbocycles. The maximum absolute atomic E-state index is 13.7. The Morgan fingerprint density at radius 1 is 0.595 bits per heavy atom. The van der Waals surface area contributed by atoms with Crippen molar-refractivity contribution in [3.05, 3.63) is 110 Å². The molecule has 0 bridgehead atoms. The van der Waals surface area contributed by atoms with Crippen molar-refractivity contribution in [2.45, 2.75) is 18.7 Å². The van der Waals surface area contributed by atoms with Crippen molar-refractivity contribution in [1.29, 1.82) is 0 Å². The minimum absolute atomic E-state index is 0.0906. The van der Waals surface area contributed by atoms with Gasteiger partial charge >= 0.3 is 30.4 Å². The Morgan fingerprint density at radius 3 is 1.57 bits per heavy atom. The average Bonchev–Trinajstić information content (AvgIpc) is 2.94. The summed E-state index contributed by atoms with van der Waals surface area (Å²) in [7, 11) is -4.08. The number of fused-ring (bicyclic) bond motifs is 2. The summed E-state index contributed by atoms with van der Waals surface area (Å²) in [5.41, 5.74) is 0. The van der Waals surface area contributed by atoms with Gasteiger partial charge in [-0.05, 0) is 58.8 Å². The standard InChI is InChI=1S/C30H27IO5S/c1-3-34-29-25-17-11-12-18-26(25)30(35-4-2)28-21-24(19-20-27(28)29)37(32,33)36-31(22-13-7-5-8-14-22)23-15-9-6-10-16-23/h5-21H,3-4H2,1-2H3/q+1. The van der Waals surface area contributed by atoms with E-state index in [1.807, 2.05) is 98.8 Å². The smallest absolute Gasteiger partial charge is 0.336 e. The zero-order valence-electron chi connectivity index (χ0n) is 20.6. The highest BCUT2D eigenvalue weighted by Crippen LogP contribution is 2.43. The van der Waals surface area contributed by atoms with E-state index in [1.54, 1.807) is 18.2 Å². The van der Waals surface area contributed by atoms with Crippen LogP contribution in [0.2, 0.25) is 0 Å². The summed E-state index contributed by atoms with van der Waals surface area (Å²) in [5, 5.41) is 3.27. The van der Waals surface area contributed by atoms with Crippen LogP contribution in [-0.2, 0) is 12.6 Å². The lowest BCUT2D eigenvalue weighted by Crippen LogP contribution is -3.85. The van der Waals surface area contributed by atoms with E-state index in [1.165, 1.54) is 0 Å². The summed E-state index contributed by atoms with van der Waals surface area (Å²) in [6.45, 7) is 4.77. The van der Waals surface area contributed by atoms with Gasteiger partial charge < -0.3 is 9.47 Å². The fourth-order valence-corrected chi connectivity index (χ4v) is 11.2. The highest BCUT2D eigenvalue weighted by molar-refractivity contribution is 7.86. The van der Waals surface area contributed by atoms with Crippen molar-refractivity contribution in [1.82, 2.24) is 0 Å². The second-order valence-electron chi connectivity index (χ2n) is 8.13. The second kappa shape index (κ2) is 11.1. The molecule has 0 atom stereocenters. The minimum Gasteiger partial charge on any atom is -0.493 e. The van der Waals surface area contributed by atoms with Crippen LogP contribution in [0, 0.1) is 7.14 Å². The third-order valence-corrected chi connectivity index (χ3v) is 13.1. The van der Waals surface area contributed by atoms with Gasteiger partial charge in [0.15, 0.2) is 7.14 Å². The molecule has 5 aromatic rings. The molecule has 0 fully saturated rings. The number of halogens is 1. The quantitative estimate of drug-likeness (QED) is 0.184. The van der Waals surface area contributed by atoms with E-state index in [0.29, 0.717) is 30.1 Å². The lowest BCUT2D eigenvalue weighted by atomic mass is 10.0. The maximum atomic E-state index is 13.7.